The predicted molar refractivity (Wildman–Crippen MR) is 47.5 cm³/mol. The number of hydrogen-bond acceptors (Lipinski definition) is 1. The van der Waals surface area contributed by atoms with Crippen LogP contribution in [-0.2, 0) is 0 Å². The summed E-state index contributed by atoms with van der Waals surface area (Å²) in [6.45, 7) is 6.98. The first kappa shape index (κ1) is 7.60. The zero-order valence-corrected chi connectivity index (χ0v) is 7.85. The van der Waals surface area contributed by atoms with Crippen molar-refractivity contribution in [2.45, 2.75) is 51.6 Å². The predicted octanol–water partition coefficient (Wildman–Crippen LogP) is 2.17. The van der Waals surface area contributed by atoms with Crippen LogP contribution in [0.1, 0.15) is 40.0 Å². The van der Waals surface area contributed by atoms with Gasteiger partial charge in [0.05, 0.1) is 0 Å². The van der Waals surface area contributed by atoms with E-state index in [1.54, 1.807) is 0 Å². The molecule has 64 valence electrons. The Morgan fingerprint density at radius 1 is 1.27 bits per heavy atom. The van der Waals surface area contributed by atoms with Gasteiger partial charge in [0.15, 0.2) is 0 Å². The maximum absolute atomic E-state index is 3.64. The largest absolute Gasteiger partial charge is 0.309 e. The van der Waals surface area contributed by atoms with Gasteiger partial charge in [0.25, 0.3) is 0 Å². The van der Waals surface area contributed by atoms with Crippen LogP contribution in [0, 0.1) is 11.8 Å². The topological polar surface area (TPSA) is 12.0 Å². The van der Waals surface area contributed by atoms with E-state index in [-0.39, 0.29) is 0 Å². The van der Waals surface area contributed by atoms with Crippen molar-refractivity contribution in [3.63, 3.8) is 0 Å². The van der Waals surface area contributed by atoms with Gasteiger partial charge in [-0.25, -0.2) is 0 Å². The summed E-state index contributed by atoms with van der Waals surface area (Å²) in [5.74, 6) is 1.91. The van der Waals surface area contributed by atoms with Crippen LogP contribution in [0.5, 0.6) is 0 Å². The van der Waals surface area contributed by atoms with Gasteiger partial charge in [-0.1, -0.05) is 13.8 Å². The molecule has 1 saturated heterocycles. The van der Waals surface area contributed by atoms with Gasteiger partial charge in [0.1, 0.15) is 0 Å². The second-order valence-corrected chi connectivity index (χ2v) is 4.94. The second kappa shape index (κ2) is 2.22. The van der Waals surface area contributed by atoms with Crippen molar-refractivity contribution < 1.29 is 0 Å². The third-order valence-electron chi connectivity index (χ3n) is 3.50. The highest BCUT2D eigenvalue weighted by Crippen LogP contribution is 2.49. The van der Waals surface area contributed by atoms with Gasteiger partial charge in [-0.2, -0.15) is 0 Å². The second-order valence-electron chi connectivity index (χ2n) is 4.94. The van der Waals surface area contributed by atoms with Crippen LogP contribution in [0.2, 0.25) is 0 Å². The number of nitrogens with one attached hydrogen (secondary N) is 1. The van der Waals surface area contributed by atoms with E-state index in [0.29, 0.717) is 5.54 Å². The maximum Gasteiger partial charge on any atom is 0.0204 e. The molecule has 11 heavy (non-hydrogen) atoms. The fourth-order valence-corrected chi connectivity index (χ4v) is 2.79. The lowest BCUT2D eigenvalue weighted by Crippen LogP contribution is -2.69. The Labute approximate surface area is 69.6 Å². The Morgan fingerprint density at radius 2 is 1.82 bits per heavy atom. The van der Waals surface area contributed by atoms with E-state index in [0.717, 1.165) is 17.9 Å². The zero-order chi connectivity index (χ0) is 8.06. The summed E-state index contributed by atoms with van der Waals surface area (Å²) < 4.78 is 0. The summed E-state index contributed by atoms with van der Waals surface area (Å²) in [6.07, 6.45) is 4.31. The fraction of sp³-hybridized carbons (Fsp3) is 1.00. The van der Waals surface area contributed by atoms with Gasteiger partial charge in [-0.05, 0) is 38.0 Å². The van der Waals surface area contributed by atoms with Gasteiger partial charge < -0.3 is 5.32 Å². The van der Waals surface area contributed by atoms with Crippen molar-refractivity contribution in [1.82, 2.24) is 5.32 Å². The van der Waals surface area contributed by atoms with Crippen molar-refractivity contribution in [2.24, 2.45) is 11.8 Å². The summed E-state index contributed by atoms with van der Waals surface area (Å²) in [5, 5.41) is 3.64. The molecule has 0 aromatic carbocycles. The van der Waals surface area contributed by atoms with Crippen LogP contribution < -0.4 is 5.32 Å². The number of rotatable bonds is 1. The van der Waals surface area contributed by atoms with Crippen LogP contribution >= 0.6 is 0 Å². The Bertz CT molecular complexity index is 148. The highest BCUT2D eigenvalue weighted by Gasteiger charge is 2.51. The summed E-state index contributed by atoms with van der Waals surface area (Å²) in [6, 6.07) is 0.795. The van der Waals surface area contributed by atoms with E-state index in [2.05, 4.69) is 26.1 Å². The number of hydrogen-bond donors (Lipinski definition) is 1. The maximum atomic E-state index is 3.64. The lowest BCUT2D eigenvalue weighted by molar-refractivity contribution is -0.0114. The quantitative estimate of drug-likeness (QED) is 0.609. The summed E-state index contributed by atoms with van der Waals surface area (Å²) in [7, 11) is 0. The molecule has 2 aliphatic rings. The third-order valence-corrected chi connectivity index (χ3v) is 3.50. The minimum absolute atomic E-state index is 0.619. The molecule has 1 atom stereocenters. The molecule has 1 heteroatoms. The lowest BCUT2D eigenvalue weighted by Gasteiger charge is -2.59. The molecule has 0 aromatic rings. The van der Waals surface area contributed by atoms with Crippen LogP contribution in [-0.4, -0.2) is 11.6 Å². The highest BCUT2D eigenvalue weighted by molar-refractivity contribution is 5.10. The molecular formula is C10H19N. The van der Waals surface area contributed by atoms with Gasteiger partial charge in [0.2, 0.25) is 0 Å². The third kappa shape index (κ3) is 1.10. The van der Waals surface area contributed by atoms with E-state index in [9.17, 15) is 0 Å². The van der Waals surface area contributed by atoms with Gasteiger partial charge in [-0.3, -0.25) is 0 Å². The lowest BCUT2D eigenvalue weighted by atomic mass is 9.58. The van der Waals surface area contributed by atoms with Crippen LogP contribution in [0.4, 0.5) is 0 Å². The van der Waals surface area contributed by atoms with Crippen LogP contribution in [0.15, 0.2) is 0 Å². The summed E-state index contributed by atoms with van der Waals surface area (Å²) >= 11 is 0. The van der Waals surface area contributed by atoms with E-state index >= 15 is 0 Å². The van der Waals surface area contributed by atoms with Crippen LogP contribution in [0.25, 0.3) is 0 Å². The molecule has 1 aliphatic carbocycles. The van der Waals surface area contributed by atoms with Crippen molar-refractivity contribution in [1.29, 1.82) is 0 Å². The smallest absolute Gasteiger partial charge is 0.0204 e. The molecule has 1 spiro atoms. The molecule has 2 fully saturated rings. The normalized spacial score (nSPS) is 49.1. The Hall–Kier alpha value is -0.0400. The van der Waals surface area contributed by atoms with Crippen molar-refractivity contribution in [3.05, 3.63) is 0 Å². The molecule has 1 N–H and O–H groups in total. The first-order valence-corrected chi connectivity index (χ1v) is 4.89. The van der Waals surface area contributed by atoms with Gasteiger partial charge >= 0.3 is 0 Å². The molecular weight excluding hydrogens is 134 g/mol. The molecule has 1 unspecified atom stereocenters. The van der Waals surface area contributed by atoms with Crippen molar-refractivity contribution >= 4 is 0 Å². The standard InChI is InChI=1S/C10H19N/c1-7(2)9-5-10(6-9)4-8(3)11-10/h7-9,11H,4-6H2,1-3H3. The molecule has 1 nitrogen and oxygen atoms in total. The van der Waals surface area contributed by atoms with Crippen molar-refractivity contribution in [3.8, 4) is 0 Å². The Morgan fingerprint density at radius 3 is 2.18 bits per heavy atom. The SMILES string of the molecule is CC1CC2(CC(C(C)C)C2)N1. The average Bonchev–Trinajstić information content (AvgIpc) is 1.73. The first-order valence-electron chi connectivity index (χ1n) is 4.89. The first-order chi connectivity index (χ1) is 5.11. The van der Waals surface area contributed by atoms with Gasteiger partial charge in [-0.15, -0.1) is 0 Å². The van der Waals surface area contributed by atoms with Crippen LogP contribution in [0.3, 0.4) is 0 Å². The molecule has 2 rings (SSSR count). The monoisotopic (exact) mass is 153 g/mol. The molecule has 0 aromatic heterocycles. The van der Waals surface area contributed by atoms with Crippen molar-refractivity contribution in [2.75, 3.05) is 0 Å². The highest BCUT2D eigenvalue weighted by atomic mass is 15.1. The minimum Gasteiger partial charge on any atom is -0.309 e. The molecule has 1 aliphatic heterocycles. The Kier molecular flexibility index (Phi) is 1.54. The van der Waals surface area contributed by atoms with E-state index in [1.165, 1.54) is 19.3 Å². The van der Waals surface area contributed by atoms with E-state index in [1.807, 2.05) is 0 Å². The fourth-order valence-electron chi connectivity index (χ4n) is 2.79. The molecule has 0 amide bonds. The summed E-state index contributed by atoms with van der Waals surface area (Å²) in [5.41, 5.74) is 0.619. The minimum atomic E-state index is 0.619. The zero-order valence-electron chi connectivity index (χ0n) is 7.85. The van der Waals surface area contributed by atoms with Gasteiger partial charge in [0, 0.05) is 11.6 Å². The van der Waals surface area contributed by atoms with E-state index < -0.39 is 0 Å². The molecule has 1 saturated carbocycles. The summed E-state index contributed by atoms with van der Waals surface area (Å²) in [4.78, 5) is 0. The average molecular weight is 153 g/mol. The molecule has 0 radical (unpaired) electrons. The van der Waals surface area contributed by atoms with E-state index in [4.69, 9.17) is 0 Å². The molecule has 0 bridgehead atoms. The molecule has 1 heterocycles. The Balaban J connectivity index is 1.80.